The number of nitrogen functional groups attached to an aromatic ring is 1. The lowest BCUT2D eigenvalue weighted by molar-refractivity contribution is 0.0734. The predicted molar refractivity (Wildman–Crippen MR) is 157 cm³/mol. The van der Waals surface area contributed by atoms with Crippen LogP contribution in [0, 0.1) is 20.8 Å². The zero-order valence-electron chi connectivity index (χ0n) is 22.6. The van der Waals surface area contributed by atoms with Gasteiger partial charge in [-0.05, 0) is 97.5 Å². The Morgan fingerprint density at radius 1 is 1.08 bits per heavy atom. The van der Waals surface area contributed by atoms with Crippen LogP contribution in [0.3, 0.4) is 0 Å². The number of benzene rings is 3. The zero-order chi connectivity index (χ0) is 26.7. The number of carbonyl (C=O) groups is 1. The minimum atomic E-state index is 0.0984. The number of anilines is 2. The average molecular weight is 518 g/mol. The van der Waals surface area contributed by atoms with Crippen molar-refractivity contribution < 1.29 is 4.79 Å². The summed E-state index contributed by atoms with van der Waals surface area (Å²) in [5, 5.41) is 1.68. The quantitative estimate of drug-likeness (QED) is 0.167. The largest absolute Gasteiger partial charge is 0.397 e. The molecule has 1 unspecified atom stereocenters. The molecule has 5 N–H and O–H groups in total. The van der Waals surface area contributed by atoms with Crippen molar-refractivity contribution in [2.75, 3.05) is 36.6 Å². The van der Waals surface area contributed by atoms with Crippen LogP contribution in [-0.4, -0.2) is 36.7 Å². The van der Waals surface area contributed by atoms with Gasteiger partial charge in [-0.15, -0.1) is 0 Å². The third-order valence-corrected chi connectivity index (χ3v) is 8.13. The number of rotatable bonds is 8. The van der Waals surface area contributed by atoms with E-state index >= 15 is 0 Å². The van der Waals surface area contributed by atoms with E-state index in [1.807, 2.05) is 42.3 Å². The Balaban J connectivity index is 1.65. The molecule has 0 saturated heterocycles. The van der Waals surface area contributed by atoms with Crippen molar-refractivity contribution in [2.24, 2.45) is 5.84 Å². The van der Waals surface area contributed by atoms with Crippen LogP contribution < -0.4 is 21.3 Å². The van der Waals surface area contributed by atoms with Gasteiger partial charge in [-0.1, -0.05) is 42.3 Å². The minimum absolute atomic E-state index is 0.0984. The predicted octanol–water partition coefficient (Wildman–Crippen LogP) is 5.09. The van der Waals surface area contributed by atoms with Gasteiger partial charge in [0.05, 0.1) is 11.4 Å². The third kappa shape index (κ3) is 5.64. The SMILES string of the molecule is CCN(N)c1ccc(C(CNSC)c2ccc3c(c2)CN(C(=O)c2ccc(C)c(C)c2)CC3)c(C)c1N. The molecule has 1 aliphatic rings. The first-order valence-corrected chi connectivity index (χ1v) is 14.1. The number of hydrazine groups is 1. The molecular formula is C30H39N5OS. The van der Waals surface area contributed by atoms with Crippen LogP contribution in [0.15, 0.2) is 48.5 Å². The molecule has 1 heterocycles. The van der Waals surface area contributed by atoms with Gasteiger partial charge in [0.2, 0.25) is 0 Å². The fourth-order valence-electron chi connectivity index (χ4n) is 5.13. The van der Waals surface area contributed by atoms with Crippen molar-refractivity contribution in [1.82, 2.24) is 9.62 Å². The minimum Gasteiger partial charge on any atom is -0.397 e. The van der Waals surface area contributed by atoms with Crippen molar-refractivity contribution in [3.63, 3.8) is 0 Å². The van der Waals surface area contributed by atoms with Gasteiger partial charge in [-0.2, -0.15) is 0 Å². The molecule has 1 aliphatic heterocycles. The number of fused-ring (bicyclic) bond motifs is 1. The first-order valence-electron chi connectivity index (χ1n) is 12.9. The van der Waals surface area contributed by atoms with E-state index in [0.29, 0.717) is 13.1 Å². The lowest BCUT2D eigenvalue weighted by Crippen LogP contribution is -2.36. The van der Waals surface area contributed by atoms with Crippen molar-refractivity contribution in [2.45, 2.75) is 46.6 Å². The van der Waals surface area contributed by atoms with Gasteiger partial charge in [0.1, 0.15) is 0 Å². The highest BCUT2D eigenvalue weighted by Crippen LogP contribution is 2.36. The molecule has 3 aromatic carbocycles. The Kier molecular flexibility index (Phi) is 8.47. The number of nitrogens with one attached hydrogen (secondary N) is 1. The van der Waals surface area contributed by atoms with E-state index < -0.39 is 0 Å². The topological polar surface area (TPSA) is 87.6 Å². The molecule has 1 atom stereocenters. The monoisotopic (exact) mass is 517 g/mol. The van der Waals surface area contributed by atoms with E-state index in [4.69, 9.17) is 11.6 Å². The summed E-state index contributed by atoms with van der Waals surface area (Å²) in [4.78, 5) is 15.3. The summed E-state index contributed by atoms with van der Waals surface area (Å²) < 4.78 is 3.46. The zero-order valence-corrected chi connectivity index (χ0v) is 23.4. The van der Waals surface area contributed by atoms with E-state index in [9.17, 15) is 4.79 Å². The number of carbonyl (C=O) groups excluding carboxylic acids is 1. The molecule has 0 spiro atoms. The van der Waals surface area contributed by atoms with Gasteiger partial charge >= 0.3 is 0 Å². The maximum absolute atomic E-state index is 13.3. The summed E-state index contributed by atoms with van der Waals surface area (Å²) in [6, 6.07) is 16.9. The first-order chi connectivity index (χ1) is 17.7. The van der Waals surface area contributed by atoms with Crippen LogP contribution in [-0.2, 0) is 13.0 Å². The standard InChI is InChI=1S/C30H39N5OS/c1-6-35(32)28-12-11-26(21(4)29(28)31)27(17-33-37-5)23-10-9-22-13-14-34(18-25(22)16-23)30(36)24-8-7-19(2)20(3)15-24/h7-12,15-16,27,33H,6,13-14,17-18,31-32H2,1-5H3. The summed E-state index contributed by atoms with van der Waals surface area (Å²) in [5.74, 6) is 6.37. The highest BCUT2D eigenvalue weighted by atomic mass is 32.2. The van der Waals surface area contributed by atoms with Gasteiger partial charge in [0.15, 0.2) is 0 Å². The molecule has 3 aromatic rings. The van der Waals surface area contributed by atoms with Crippen LogP contribution in [0.25, 0.3) is 0 Å². The molecule has 6 nitrogen and oxygen atoms in total. The number of hydrogen-bond donors (Lipinski definition) is 3. The van der Waals surface area contributed by atoms with E-state index in [0.717, 1.165) is 47.6 Å². The van der Waals surface area contributed by atoms with Gasteiger partial charge in [-0.25, -0.2) is 5.84 Å². The molecule has 0 bridgehead atoms. The smallest absolute Gasteiger partial charge is 0.254 e. The molecule has 0 radical (unpaired) electrons. The fourth-order valence-corrected chi connectivity index (χ4v) is 5.46. The van der Waals surface area contributed by atoms with Crippen molar-refractivity contribution in [1.29, 1.82) is 0 Å². The number of hydrogen-bond acceptors (Lipinski definition) is 6. The molecule has 1 amide bonds. The highest BCUT2D eigenvalue weighted by molar-refractivity contribution is 7.96. The van der Waals surface area contributed by atoms with Gasteiger partial charge in [0, 0.05) is 37.7 Å². The fraction of sp³-hybridized carbons (Fsp3) is 0.367. The van der Waals surface area contributed by atoms with Gasteiger partial charge in [-0.3, -0.25) is 9.52 Å². The molecular weight excluding hydrogens is 478 g/mol. The summed E-state index contributed by atoms with van der Waals surface area (Å²) >= 11 is 1.61. The normalized spacial score (nSPS) is 13.8. The molecule has 37 heavy (non-hydrogen) atoms. The summed E-state index contributed by atoms with van der Waals surface area (Å²) in [7, 11) is 0. The number of aryl methyl sites for hydroxylation is 2. The van der Waals surface area contributed by atoms with Gasteiger partial charge in [0.25, 0.3) is 5.91 Å². The second-order valence-electron chi connectivity index (χ2n) is 9.91. The average Bonchev–Trinajstić information content (AvgIpc) is 2.91. The maximum atomic E-state index is 13.3. The second kappa shape index (κ2) is 11.6. The Bertz CT molecular complexity index is 1290. The van der Waals surface area contributed by atoms with E-state index in [-0.39, 0.29) is 11.8 Å². The molecule has 7 heteroatoms. The highest BCUT2D eigenvalue weighted by Gasteiger charge is 2.25. The second-order valence-corrected chi connectivity index (χ2v) is 10.6. The van der Waals surface area contributed by atoms with Crippen LogP contribution in [0.1, 0.15) is 62.1 Å². The number of nitrogens with two attached hydrogens (primary N) is 2. The Labute approximate surface area is 225 Å². The Morgan fingerprint density at radius 3 is 2.57 bits per heavy atom. The van der Waals surface area contributed by atoms with Crippen LogP contribution >= 0.6 is 11.9 Å². The lowest BCUT2D eigenvalue weighted by atomic mass is 9.85. The lowest BCUT2D eigenvalue weighted by Gasteiger charge is -2.31. The van der Waals surface area contributed by atoms with Crippen molar-refractivity contribution >= 4 is 29.2 Å². The van der Waals surface area contributed by atoms with Crippen LogP contribution in [0.5, 0.6) is 0 Å². The molecule has 4 rings (SSSR count). The summed E-state index contributed by atoms with van der Waals surface area (Å²) in [6.45, 7) is 11.0. The van der Waals surface area contributed by atoms with Crippen LogP contribution in [0.4, 0.5) is 11.4 Å². The van der Waals surface area contributed by atoms with Crippen molar-refractivity contribution in [3.8, 4) is 0 Å². The molecule has 0 saturated carbocycles. The molecule has 0 aliphatic carbocycles. The molecule has 0 aromatic heterocycles. The molecule has 196 valence electrons. The molecule has 0 fully saturated rings. The first kappa shape index (κ1) is 27.0. The summed E-state index contributed by atoms with van der Waals surface area (Å²) in [5.41, 5.74) is 17.2. The third-order valence-electron chi connectivity index (χ3n) is 7.68. The Morgan fingerprint density at radius 2 is 1.86 bits per heavy atom. The summed E-state index contributed by atoms with van der Waals surface area (Å²) in [6.07, 6.45) is 2.90. The number of amides is 1. The van der Waals surface area contributed by atoms with E-state index in [1.54, 1.807) is 17.0 Å². The van der Waals surface area contributed by atoms with Crippen molar-refractivity contribution in [3.05, 3.63) is 93.0 Å². The number of nitrogens with zero attached hydrogens (tertiary/aromatic N) is 2. The van der Waals surface area contributed by atoms with Crippen LogP contribution in [0.2, 0.25) is 0 Å². The van der Waals surface area contributed by atoms with Gasteiger partial charge < -0.3 is 15.6 Å². The van der Waals surface area contributed by atoms with E-state index in [2.05, 4.69) is 49.8 Å². The maximum Gasteiger partial charge on any atom is 0.254 e. The Hall–Kier alpha value is -3.00. The van der Waals surface area contributed by atoms with E-state index in [1.165, 1.54) is 27.8 Å².